The van der Waals surface area contributed by atoms with Crippen LogP contribution in [0, 0.1) is 40.4 Å². The normalized spacial score (nSPS) is 38.0. The molecule has 1 aromatic heterocycles. The largest absolute Gasteiger partial charge is 0.481 e. The van der Waals surface area contributed by atoms with Gasteiger partial charge in [-0.3, -0.25) is 9.59 Å². The minimum absolute atomic E-state index is 0.0279. The lowest BCUT2D eigenvalue weighted by atomic mass is 9.45. The van der Waals surface area contributed by atoms with Crippen molar-refractivity contribution in [2.75, 3.05) is 13.1 Å². The first-order valence-electron chi connectivity index (χ1n) is 15.6. The number of piperidine rings is 1. The molecule has 4 fully saturated rings. The molecule has 6 rings (SSSR count). The number of carboxylic acid groups (broad SMARTS) is 1. The van der Waals surface area contributed by atoms with E-state index < -0.39 is 12.0 Å². The third kappa shape index (κ3) is 4.57. The SMILES string of the molecule is CC12CCC3C(C(O)CC4CN(C(=O)C(N)Cc5c[nH]c6ccccc56)CCC43C)C1CCC2CCCC(=O)O. The summed E-state index contributed by atoms with van der Waals surface area (Å²) in [5, 5.41) is 21.9. The molecule has 0 spiro atoms. The Morgan fingerprint density at radius 3 is 2.70 bits per heavy atom. The highest BCUT2D eigenvalue weighted by molar-refractivity contribution is 5.86. The number of aliphatic hydroxyl groups is 1. The van der Waals surface area contributed by atoms with E-state index in [2.05, 4.69) is 24.9 Å². The van der Waals surface area contributed by atoms with E-state index in [9.17, 15) is 14.7 Å². The zero-order chi connectivity index (χ0) is 28.2. The van der Waals surface area contributed by atoms with E-state index in [1.54, 1.807) is 0 Å². The molecule has 1 amide bonds. The van der Waals surface area contributed by atoms with Crippen LogP contribution in [-0.2, 0) is 16.0 Å². The van der Waals surface area contributed by atoms with Gasteiger partial charge in [-0.25, -0.2) is 0 Å². The van der Waals surface area contributed by atoms with Gasteiger partial charge in [0.05, 0.1) is 12.1 Å². The number of fused-ring (bicyclic) bond motifs is 6. The van der Waals surface area contributed by atoms with Crippen molar-refractivity contribution >= 4 is 22.8 Å². The summed E-state index contributed by atoms with van der Waals surface area (Å²) in [6.45, 7) is 6.31. The molecule has 9 atom stereocenters. The quantitative estimate of drug-likeness (QED) is 0.389. The second kappa shape index (κ2) is 10.5. The molecule has 0 radical (unpaired) electrons. The minimum atomic E-state index is -0.700. The van der Waals surface area contributed by atoms with Crippen LogP contribution in [0.5, 0.6) is 0 Å². The predicted molar refractivity (Wildman–Crippen MR) is 155 cm³/mol. The van der Waals surface area contributed by atoms with Crippen molar-refractivity contribution in [2.45, 2.75) is 90.2 Å². The highest BCUT2D eigenvalue weighted by Crippen LogP contribution is 2.67. The summed E-state index contributed by atoms with van der Waals surface area (Å²) in [6.07, 6.45) is 10.5. The van der Waals surface area contributed by atoms with Gasteiger partial charge in [-0.2, -0.15) is 0 Å². The maximum absolute atomic E-state index is 13.6. The number of amides is 1. The number of nitrogens with one attached hydrogen (secondary N) is 1. The number of aromatic nitrogens is 1. The third-order valence-corrected chi connectivity index (χ3v) is 12.3. The Balaban J connectivity index is 1.12. The number of nitrogens with zero attached hydrogens (tertiary/aromatic N) is 1. The van der Waals surface area contributed by atoms with Crippen LogP contribution in [0.15, 0.2) is 30.5 Å². The molecule has 2 heterocycles. The molecule has 40 heavy (non-hydrogen) atoms. The number of rotatable bonds is 7. The number of aliphatic hydroxyl groups excluding tert-OH is 1. The summed E-state index contributed by atoms with van der Waals surface area (Å²) in [4.78, 5) is 29.9. The molecule has 1 saturated heterocycles. The third-order valence-electron chi connectivity index (χ3n) is 12.3. The number of carbonyl (C=O) groups excluding carboxylic acids is 1. The topological polar surface area (TPSA) is 120 Å². The van der Waals surface area contributed by atoms with Crippen LogP contribution in [0.3, 0.4) is 0 Å². The lowest BCUT2D eigenvalue weighted by Gasteiger charge is -2.62. The first kappa shape index (κ1) is 27.8. The summed E-state index contributed by atoms with van der Waals surface area (Å²) in [5.74, 6) is 1.49. The van der Waals surface area contributed by atoms with Gasteiger partial charge in [-0.15, -0.1) is 0 Å². The van der Waals surface area contributed by atoms with Crippen molar-refractivity contribution in [1.82, 2.24) is 9.88 Å². The van der Waals surface area contributed by atoms with Crippen LogP contribution in [0.1, 0.15) is 77.2 Å². The number of carboxylic acids is 1. The number of hydrogen-bond acceptors (Lipinski definition) is 4. The van der Waals surface area contributed by atoms with Crippen molar-refractivity contribution in [2.24, 2.45) is 46.2 Å². The Bertz CT molecular complexity index is 1260. The molecule has 1 aliphatic heterocycles. The lowest BCUT2D eigenvalue weighted by molar-refractivity contribution is -0.175. The zero-order valence-electron chi connectivity index (χ0n) is 24.1. The van der Waals surface area contributed by atoms with E-state index in [1.165, 1.54) is 6.42 Å². The molecule has 0 bridgehead atoms. The zero-order valence-corrected chi connectivity index (χ0v) is 24.1. The van der Waals surface area contributed by atoms with Crippen molar-refractivity contribution in [1.29, 1.82) is 0 Å². The van der Waals surface area contributed by atoms with E-state index in [0.717, 1.165) is 68.0 Å². The number of hydrogen-bond donors (Lipinski definition) is 4. The van der Waals surface area contributed by atoms with Crippen molar-refractivity contribution in [3.8, 4) is 0 Å². The van der Waals surface area contributed by atoms with E-state index in [-0.39, 0.29) is 29.3 Å². The summed E-state index contributed by atoms with van der Waals surface area (Å²) >= 11 is 0. The van der Waals surface area contributed by atoms with Gasteiger partial charge in [0.2, 0.25) is 5.91 Å². The van der Waals surface area contributed by atoms with Crippen LogP contribution in [0.2, 0.25) is 0 Å². The minimum Gasteiger partial charge on any atom is -0.481 e. The summed E-state index contributed by atoms with van der Waals surface area (Å²) in [6, 6.07) is 7.55. The predicted octanol–water partition coefficient (Wildman–Crippen LogP) is 4.97. The standard InChI is InChI=1S/C33H47N3O4/c1-32-13-12-25-30(24(32)11-10-21(32)6-5-9-29(38)39)28(37)17-22-19-36(15-14-33(22,25)2)31(40)26(34)16-20-18-35-27-8-4-3-7-23(20)27/h3-4,7-8,18,21-22,24-26,28,30,35,37H,5-6,9-17,19,34H2,1-2H3,(H,38,39). The highest BCUT2D eigenvalue weighted by atomic mass is 16.4. The summed E-state index contributed by atoms with van der Waals surface area (Å²) in [7, 11) is 0. The number of aliphatic carboxylic acids is 1. The molecular formula is C33H47N3O4. The molecule has 2 aromatic rings. The van der Waals surface area contributed by atoms with Crippen molar-refractivity contribution < 1.29 is 19.8 Å². The van der Waals surface area contributed by atoms with Gasteiger partial charge in [-0.1, -0.05) is 32.0 Å². The van der Waals surface area contributed by atoms with Gasteiger partial charge in [0, 0.05) is 36.6 Å². The molecule has 3 saturated carbocycles. The Labute approximate surface area is 237 Å². The second-order valence-electron chi connectivity index (χ2n) is 14.1. The number of para-hydroxylation sites is 1. The Hall–Kier alpha value is -2.38. The van der Waals surface area contributed by atoms with Crippen LogP contribution < -0.4 is 5.73 Å². The van der Waals surface area contributed by atoms with Crippen LogP contribution in [0.25, 0.3) is 10.9 Å². The molecule has 218 valence electrons. The smallest absolute Gasteiger partial charge is 0.303 e. The van der Waals surface area contributed by atoms with E-state index in [0.29, 0.717) is 42.6 Å². The molecule has 3 aliphatic carbocycles. The average molecular weight is 550 g/mol. The monoisotopic (exact) mass is 549 g/mol. The van der Waals surface area contributed by atoms with Crippen molar-refractivity contribution in [3.05, 3.63) is 36.0 Å². The fraction of sp³-hybridized carbons (Fsp3) is 0.697. The average Bonchev–Trinajstić information content (AvgIpc) is 3.49. The molecule has 1 aromatic carbocycles. The van der Waals surface area contributed by atoms with Gasteiger partial charge in [0.15, 0.2) is 0 Å². The lowest BCUT2D eigenvalue weighted by Crippen LogP contribution is -2.62. The highest BCUT2D eigenvalue weighted by Gasteiger charge is 2.62. The maximum atomic E-state index is 13.6. The van der Waals surface area contributed by atoms with Crippen LogP contribution in [0.4, 0.5) is 0 Å². The Kier molecular flexibility index (Phi) is 7.27. The molecule has 7 nitrogen and oxygen atoms in total. The molecule has 5 N–H and O–H groups in total. The number of aromatic amines is 1. The summed E-state index contributed by atoms with van der Waals surface area (Å²) < 4.78 is 0. The first-order valence-corrected chi connectivity index (χ1v) is 15.6. The number of likely N-dealkylation sites (tertiary alicyclic amines) is 1. The van der Waals surface area contributed by atoms with E-state index in [1.807, 2.05) is 29.3 Å². The van der Waals surface area contributed by atoms with E-state index in [4.69, 9.17) is 10.8 Å². The second-order valence-corrected chi connectivity index (χ2v) is 14.1. The van der Waals surface area contributed by atoms with Crippen molar-refractivity contribution in [3.63, 3.8) is 0 Å². The number of carbonyl (C=O) groups is 2. The van der Waals surface area contributed by atoms with Gasteiger partial charge >= 0.3 is 5.97 Å². The molecule has 9 unspecified atom stereocenters. The summed E-state index contributed by atoms with van der Waals surface area (Å²) in [5.41, 5.74) is 8.99. The first-order chi connectivity index (χ1) is 19.1. The Morgan fingerprint density at radius 2 is 1.90 bits per heavy atom. The maximum Gasteiger partial charge on any atom is 0.303 e. The van der Waals surface area contributed by atoms with Gasteiger partial charge in [-0.05, 0) is 110 Å². The van der Waals surface area contributed by atoms with E-state index >= 15 is 0 Å². The number of H-pyrrole nitrogens is 1. The van der Waals surface area contributed by atoms with Crippen LogP contribution in [-0.4, -0.2) is 57.2 Å². The fourth-order valence-corrected chi connectivity index (χ4v) is 10.1. The number of benzene rings is 1. The fourth-order valence-electron chi connectivity index (χ4n) is 10.1. The van der Waals surface area contributed by atoms with Gasteiger partial charge in [0.1, 0.15) is 0 Å². The van der Waals surface area contributed by atoms with Crippen LogP contribution >= 0.6 is 0 Å². The number of nitrogens with two attached hydrogens (primary N) is 1. The molecule has 4 aliphatic rings. The molecular weight excluding hydrogens is 502 g/mol. The van der Waals surface area contributed by atoms with Gasteiger partial charge in [0.25, 0.3) is 0 Å². The molecule has 7 heteroatoms. The Morgan fingerprint density at radius 1 is 1.12 bits per heavy atom. The van der Waals surface area contributed by atoms with Gasteiger partial charge < -0.3 is 25.8 Å².